The summed E-state index contributed by atoms with van der Waals surface area (Å²) < 4.78 is 5.10. The van der Waals surface area contributed by atoms with Gasteiger partial charge in [0.1, 0.15) is 11.4 Å². The number of hydrogen-bond acceptors (Lipinski definition) is 4. The SMILES string of the molecule is COc1ccc(N(C)C(=O)c2nc(C)sc2C)cc1. The first kappa shape index (κ1) is 13.5. The van der Waals surface area contributed by atoms with Gasteiger partial charge in [0.15, 0.2) is 0 Å². The minimum absolute atomic E-state index is 0.0907. The minimum Gasteiger partial charge on any atom is -0.497 e. The highest BCUT2D eigenvalue weighted by Crippen LogP contribution is 2.22. The monoisotopic (exact) mass is 276 g/mol. The van der Waals surface area contributed by atoms with Crippen LogP contribution in [0.25, 0.3) is 0 Å². The van der Waals surface area contributed by atoms with Crippen molar-refractivity contribution in [2.75, 3.05) is 19.1 Å². The third-order valence-corrected chi connectivity index (χ3v) is 3.76. The molecule has 1 aromatic carbocycles. The lowest BCUT2D eigenvalue weighted by Gasteiger charge is -2.16. The van der Waals surface area contributed by atoms with Crippen LogP contribution in [0.2, 0.25) is 0 Å². The fourth-order valence-corrected chi connectivity index (χ4v) is 2.62. The molecule has 0 N–H and O–H groups in total. The zero-order valence-corrected chi connectivity index (χ0v) is 12.2. The topological polar surface area (TPSA) is 42.4 Å². The molecule has 0 bridgehead atoms. The molecule has 0 spiro atoms. The van der Waals surface area contributed by atoms with E-state index < -0.39 is 0 Å². The number of thiazole rings is 1. The van der Waals surface area contributed by atoms with Gasteiger partial charge in [-0.25, -0.2) is 4.98 Å². The second-order valence-electron chi connectivity index (χ2n) is 4.20. The zero-order valence-electron chi connectivity index (χ0n) is 11.4. The molecule has 0 radical (unpaired) electrons. The molecule has 19 heavy (non-hydrogen) atoms. The van der Waals surface area contributed by atoms with E-state index in [-0.39, 0.29) is 5.91 Å². The van der Waals surface area contributed by atoms with Gasteiger partial charge < -0.3 is 9.64 Å². The van der Waals surface area contributed by atoms with Gasteiger partial charge in [-0.05, 0) is 38.1 Å². The number of methoxy groups -OCH3 is 1. The summed E-state index contributed by atoms with van der Waals surface area (Å²) in [6.45, 7) is 3.82. The van der Waals surface area contributed by atoms with Crippen LogP contribution in [0.3, 0.4) is 0 Å². The maximum absolute atomic E-state index is 12.4. The smallest absolute Gasteiger partial charge is 0.277 e. The van der Waals surface area contributed by atoms with Crippen molar-refractivity contribution in [3.05, 3.63) is 39.8 Å². The highest BCUT2D eigenvalue weighted by atomic mass is 32.1. The van der Waals surface area contributed by atoms with Crippen molar-refractivity contribution in [2.45, 2.75) is 13.8 Å². The Morgan fingerprint density at radius 3 is 2.37 bits per heavy atom. The molecule has 4 nitrogen and oxygen atoms in total. The fraction of sp³-hybridized carbons (Fsp3) is 0.286. The number of carbonyl (C=O) groups is 1. The molecule has 0 atom stereocenters. The first-order valence-corrected chi connectivity index (χ1v) is 6.70. The molecule has 0 fully saturated rings. The third-order valence-electron chi connectivity index (χ3n) is 2.87. The molecule has 0 aliphatic carbocycles. The largest absolute Gasteiger partial charge is 0.497 e. The Labute approximate surface area is 116 Å². The molecule has 0 saturated carbocycles. The van der Waals surface area contributed by atoms with Crippen molar-refractivity contribution in [3.8, 4) is 5.75 Å². The average Bonchev–Trinajstić information content (AvgIpc) is 2.76. The maximum Gasteiger partial charge on any atom is 0.277 e. The van der Waals surface area contributed by atoms with E-state index in [1.807, 2.05) is 38.1 Å². The molecule has 1 aromatic heterocycles. The van der Waals surface area contributed by atoms with Crippen molar-refractivity contribution < 1.29 is 9.53 Å². The Bertz CT molecular complexity index is 590. The van der Waals surface area contributed by atoms with E-state index in [0.29, 0.717) is 5.69 Å². The molecule has 1 heterocycles. The summed E-state index contributed by atoms with van der Waals surface area (Å²) in [6, 6.07) is 7.37. The second-order valence-corrected chi connectivity index (χ2v) is 5.61. The van der Waals surface area contributed by atoms with Gasteiger partial charge in [0.25, 0.3) is 5.91 Å². The number of aromatic nitrogens is 1. The Hall–Kier alpha value is -1.88. The van der Waals surface area contributed by atoms with E-state index >= 15 is 0 Å². The van der Waals surface area contributed by atoms with E-state index in [4.69, 9.17) is 4.74 Å². The highest BCUT2D eigenvalue weighted by molar-refractivity contribution is 7.11. The van der Waals surface area contributed by atoms with Crippen LogP contribution >= 0.6 is 11.3 Å². The van der Waals surface area contributed by atoms with Crippen LogP contribution in [0.15, 0.2) is 24.3 Å². The summed E-state index contributed by atoms with van der Waals surface area (Å²) in [4.78, 5) is 19.2. The fourth-order valence-electron chi connectivity index (χ4n) is 1.81. The van der Waals surface area contributed by atoms with Gasteiger partial charge in [-0.2, -0.15) is 0 Å². The van der Waals surface area contributed by atoms with Gasteiger partial charge in [0, 0.05) is 17.6 Å². The van der Waals surface area contributed by atoms with Crippen molar-refractivity contribution in [2.24, 2.45) is 0 Å². The Morgan fingerprint density at radius 1 is 1.26 bits per heavy atom. The molecular formula is C14H16N2O2S. The molecule has 5 heteroatoms. The summed E-state index contributed by atoms with van der Waals surface area (Å²) in [5, 5.41) is 0.906. The molecule has 100 valence electrons. The first-order chi connectivity index (χ1) is 9.02. The van der Waals surface area contributed by atoms with Crippen LogP contribution in [-0.2, 0) is 0 Å². The summed E-state index contributed by atoms with van der Waals surface area (Å²) in [6.07, 6.45) is 0. The number of nitrogens with zero attached hydrogens (tertiary/aromatic N) is 2. The summed E-state index contributed by atoms with van der Waals surface area (Å²) >= 11 is 1.54. The number of aryl methyl sites for hydroxylation is 2. The summed E-state index contributed by atoms with van der Waals surface area (Å²) in [7, 11) is 3.36. The molecule has 0 unspecified atom stereocenters. The van der Waals surface area contributed by atoms with E-state index in [2.05, 4.69) is 4.98 Å². The number of carbonyl (C=O) groups excluding carboxylic acids is 1. The van der Waals surface area contributed by atoms with E-state index in [0.717, 1.165) is 21.3 Å². The molecule has 0 aliphatic heterocycles. The summed E-state index contributed by atoms with van der Waals surface area (Å²) in [5.74, 6) is 0.678. The van der Waals surface area contributed by atoms with Crippen molar-refractivity contribution in [3.63, 3.8) is 0 Å². The van der Waals surface area contributed by atoms with Gasteiger partial charge in [0.05, 0.1) is 12.1 Å². The second kappa shape index (κ2) is 5.40. The molecule has 0 aliphatic rings. The van der Waals surface area contributed by atoms with Crippen LogP contribution in [0, 0.1) is 13.8 Å². The Kier molecular flexibility index (Phi) is 3.85. The predicted octanol–water partition coefficient (Wildman–Crippen LogP) is 3.05. The van der Waals surface area contributed by atoms with Crippen molar-refractivity contribution >= 4 is 22.9 Å². The number of rotatable bonds is 3. The van der Waals surface area contributed by atoms with E-state index in [9.17, 15) is 4.79 Å². The van der Waals surface area contributed by atoms with Crippen LogP contribution < -0.4 is 9.64 Å². The number of amides is 1. The standard InChI is InChI=1S/C14H16N2O2S/c1-9-13(15-10(2)19-9)14(17)16(3)11-5-7-12(18-4)8-6-11/h5-8H,1-4H3. The molecular weight excluding hydrogens is 260 g/mol. The van der Waals surface area contributed by atoms with Gasteiger partial charge in [-0.15, -0.1) is 11.3 Å². The van der Waals surface area contributed by atoms with E-state index in [1.54, 1.807) is 19.1 Å². The van der Waals surface area contributed by atoms with Gasteiger partial charge >= 0.3 is 0 Å². The molecule has 2 aromatic rings. The average molecular weight is 276 g/mol. The van der Waals surface area contributed by atoms with Crippen LogP contribution in [-0.4, -0.2) is 25.0 Å². The van der Waals surface area contributed by atoms with Gasteiger partial charge in [0.2, 0.25) is 0 Å². The predicted molar refractivity (Wildman–Crippen MR) is 77.3 cm³/mol. The Morgan fingerprint density at radius 2 is 1.89 bits per heavy atom. The molecule has 0 saturated heterocycles. The van der Waals surface area contributed by atoms with Gasteiger partial charge in [-0.3, -0.25) is 4.79 Å². The Balaban J connectivity index is 2.25. The quantitative estimate of drug-likeness (QED) is 0.865. The lowest BCUT2D eigenvalue weighted by atomic mass is 10.2. The zero-order chi connectivity index (χ0) is 14.0. The van der Waals surface area contributed by atoms with Crippen LogP contribution in [0.5, 0.6) is 5.75 Å². The number of benzene rings is 1. The minimum atomic E-state index is -0.0907. The summed E-state index contributed by atoms with van der Waals surface area (Å²) in [5.41, 5.74) is 1.34. The first-order valence-electron chi connectivity index (χ1n) is 5.89. The van der Waals surface area contributed by atoms with Gasteiger partial charge in [-0.1, -0.05) is 0 Å². The highest BCUT2D eigenvalue weighted by Gasteiger charge is 2.19. The van der Waals surface area contributed by atoms with Crippen LogP contribution in [0.4, 0.5) is 5.69 Å². The normalized spacial score (nSPS) is 10.3. The van der Waals surface area contributed by atoms with E-state index in [1.165, 1.54) is 11.3 Å². The third kappa shape index (κ3) is 2.76. The van der Waals surface area contributed by atoms with Crippen molar-refractivity contribution in [1.82, 2.24) is 4.98 Å². The number of ether oxygens (including phenoxy) is 1. The lowest BCUT2D eigenvalue weighted by Crippen LogP contribution is -2.27. The van der Waals surface area contributed by atoms with Crippen LogP contribution in [0.1, 0.15) is 20.4 Å². The number of anilines is 1. The number of hydrogen-bond donors (Lipinski definition) is 0. The molecule has 2 rings (SSSR count). The maximum atomic E-state index is 12.4. The molecule has 1 amide bonds. The lowest BCUT2D eigenvalue weighted by molar-refractivity contribution is 0.0988. The van der Waals surface area contributed by atoms with Crippen molar-refractivity contribution in [1.29, 1.82) is 0 Å².